The standard InChI is InChI=1S/C9H15NO2/c1-2-8(10)9(11)6-7-4-3-5-12-7/h3-5,8-9,11H,2,6,10H2,1H3. The number of hydrogen-bond acceptors (Lipinski definition) is 3. The molecule has 2 atom stereocenters. The fourth-order valence-electron chi connectivity index (χ4n) is 1.06. The highest BCUT2D eigenvalue weighted by molar-refractivity contribution is 5.00. The number of aliphatic hydroxyl groups is 1. The Morgan fingerprint density at radius 3 is 2.92 bits per heavy atom. The fourth-order valence-corrected chi connectivity index (χ4v) is 1.06. The first-order valence-corrected chi connectivity index (χ1v) is 4.20. The second kappa shape index (κ2) is 4.28. The molecule has 0 aliphatic heterocycles. The zero-order valence-electron chi connectivity index (χ0n) is 7.23. The lowest BCUT2D eigenvalue weighted by Gasteiger charge is -2.15. The predicted octanol–water partition coefficient (Wildman–Crippen LogP) is 0.920. The first-order chi connectivity index (χ1) is 5.74. The molecule has 0 fully saturated rings. The van der Waals surface area contributed by atoms with E-state index in [0.29, 0.717) is 6.42 Å². The van der Waals surface area contributed by atoms with Gasteiger partial charge in [0.25, 0.3) is 0 Å². The van der Waals surface area contributed by atoms with E-state index in [1.54, 1.807) is 12.3 Å². The molecule has 1 heterocycles. The molecule has 1 rings (SSSR count). The summed E-state index contributed by atoms with van der Waals surface area (Å²) in [6.45, 7) is 1.95. The summed E-state index contributed by atoms with van der Waals surface area (Å²) in [5.41, 5.74) is 5.64. The molecule has 0 radical (unpaired) electrons. The van der Waals surface area contributed by atoms with Crippen LogP contribution in [0.3, 0.4) is 0 Å². The summed E-state index contributed by atoms with van der Waals surface area (Å²) in [7, 11) is 0. The zero-order valence-corrected chi connectivity index (χ0v) is 7.23. The van der Waals surface area contributed by atoms with Crippen molar-refractivity contribution in [2.45, 2.75) is 31.9 Å². The third kappa shape index (κ3) is 2.36. The predicted molar refractivity (Wildman–Crippen MR) is 46.7 cm³/mol. The van der Waals surface area contributed by atoms with E-state index in [1.165, 1.54) is 0 Å². The number of furan rings is 1. The van der Waals surface area contributed by atoms with Gasteiger partial charge in [0, 0.05) is 12.5 Å². The minimum Gasteiger partial charge on any atom is -0.469 e. The smallest absolute Gasteiger partial charge is 0.106 e. The number of rotatable bonds is 4. The molecule has 0 amide bonds. The molecule has 68 valence electrons. The van der Waals surface area contributed by atoms with Crippen LogP contribution in [0.15, 0.2) is 22.8 Å². The molecular weight excluding hydrogens is 154 g/mol. The second-order valence-corrected chi connectivity index (χ2v) is 2.92. The van der Waals surface area contributed by atoms with Gasteiger partial charge in [-0.1, -0.05) is 6.92 Å². The monoisotopic (exact) mass is 169 g/mol. The van der Waals surface area contributed by atoms with Crippen molar-refractivity contribution in [2.24, 2.45) is 5.73 Å². The maximum absolute atomic E-state index is 9.50. The van der Waals surface area contributed by atoms with E-state index in [1.807, 2.05) is 13.0 Å². The molecule has 0 aliphatic carbocycles. The fraction of sp³-hybridized carbons (Fsp3) is 0.556. The molecule has 12 heavy (non-hydrogen) atoms. The van der Waals surface area contributed by atoms with E-state index >= 15 is 0 Å². The molecule has 1 aromatic heterocycles. The Kier molecular flexibility index (Phi) is 3.31. The molecule has 0 aromatic carbocycles. The summed E-state index contributed by atoms with van der Waals surface area (Å²) >= 11 is 0. The molecule has 1 aromatic rings. The van der Waals surface area contributed by atoms with Gasteiger partial charge in [-0.2, -0.15) is 0 Å². The largest absolute Gasteiger partial charge is 0.469 e. The van der Waals surface area contributed by atoms with Crippen molar-refractivity contribution in [3.05, 3.63) is 24.2 Å². The average Bonchev–Trinajstić information content (AvgIpc) is 2.55. The third-order valence-electron chi connectivity index (χ3n) is 1.96. The SMILES string of the molecule is CCC(N)C(O)Cc1ccco1. The van der Waals surface area contributed by atoms with Gasteiger partial charge in [0.2, 0.25) is 0 Å². The topological polar surface area (TPSA) is 59.4 Å². The van der Waals surface area contributed by atoms with E-state index in [0.717, 1.165) is 12.2 Å². The Hall–Kier alpha value is -0.800. The van der Waals surface area contributed by atoms with E-state index in [2.05, 4.69) is 0 Å². The van der Waals surface area contributed by atoms with Crippen molar-refractivity contribution >= 4 is 0 Å². The molecule has 0 bridgehead atoms. The van der Waals surface area contributed by atoms with Crippen molar-refractivity contribution < 1.29 is 9.52 Å². The van der Waals surface area contributed by atoms with Crippen molar-refractivity contribution in [2.75, 3.05) is 0 Å². The Bertz CT molecular complexity index is 208. The molecule has 3 nitrogen and oxygen atoms in total. The van der Waals surface area contributed by atoms with Crippen LogP contribution < -0.4 is 5.73 Å². The molecule has 3 heteroatoms. The highest BCUT2D eigenvalue weighted by atomic mass is 16.3. The van der Waals surface area contributed by atoms with E-state index in [4.69, 9.17) is 10.2 Å². The van der Waals surface area contributed by atoms with Crippen molar-refractivity contribution in [1.82, 2.24) is 0 Å². The quantitative estimate of drug-likeness (QED) is 0.704. The van der Waals surface area contributed by atoms with Gasteiger partial charge in [0.05, 0.1) is 12.4 Å². The van der Waals surface area contributed by atoms with Gasteiger partial charge in [-0.05, 0) is 18.6 Å². The highest BCUT2D eigenvalue weighted by Gasteiger charge is 2.14. The lowest BCUT2D eigenvalue weighted by molar-refractivity contribution is 0.136. The van der Waals surface area contributed by atoms with Crippen LogP contribution in [0.25, 0.3) is 0 Å². The van der Waals surface area contributed by atoms with Crippen LogP contribution in [0.1, 0.15) is 19.1 Å². The lowest BCUT2D eigenvalue weighted by Crippen LogP contribution is -2.35. The van der Waals surface area contributed by atoms with Gasteiger partial charge in [-0.25, -0.2) is 0 Å². The number of nitrogens with two attached hydrogens (primary N) is 1. The van der Waals surface area contributed by atoms with Gasteiger partial charge in [0.1, 0.15) is 5.76 Å². The first-order valence-electron chi connectivity index (χ1n) is 4.20. The average molecular weight is 169 g/mol. The minimum atomic E-state index is -0.499. The van der Waals surface area contributed by atoms with E-state index in [9.17, 15) is 5.11 Å². The van der Waals surface area contributed by atoms with Crippen molar-refractivity contribution in [3.63, 3.8) is 0 Å². The van der Waals surface area contributed by atoms with Crippen LogP contribution in [0.4, 0.5) is 0 Å². The van der Waals surface area contributed by atoms with Crippen LogP contribution in [0, 0.1) is 0 Å². The summed E-state index contributed by atoms with van der Waals surface area (Å²) < 4.78 is 5.08. The van der Waals surface area contributed by atoms with Crippen molar-refractivity contribution in [1.29, 1.82) is 0 Å². The normalized spacial score (nSPS) is 15.9. The molecule has 0 saturated heterocycles. The highest BCUT2D eigenvalue weighted by Crippen LogP contribution is 2.07. The summed E-state index contributed by atoms with van der Waals surface area (Å²) in [5.74, 6) is 0.784. The van der Waals surface area contributed by atoms with Crippen molar-refractivity contribution in [3.8, 4) is 0 Å². The van der Waals surface area contributed by atoms with Gasteiger partial charge in [-0.3, -0.25) is 0 Å². The maximum Gasteiger partial charge on any atom is 0.106 e. The summed E-state index contributed by atoms with van der Waals surface area (Å²) in [6.07, 6.45) is 2.38. The second-order valence-electron chi connectivity index (χ2n) is 2.92. The number of aliphatic hydroxyl groups excluding tert-OH is 1. The maximum atomic E-state index is 9.50. The zero-order chi connectivity index (χ0) is 8.97. The number of hydrogen-bond donors (Lipinski definition) is 2. The lowest BCUT2D eigenvalue weighted by atomic mass is 10.1. The summed E-state index contributed by atoms with van der Waals surface area (Å²) in [6, 6.07) is 3.49. The molecule has 0 aliphatic rings. The van der Waals surface area contributed by atoms with Gasteiger partial charge in [0.15, 0.2) is 0 Å². The molecule has 0 spiro atoms. The van der Waals surface area contributed by atoms with Gasteiger partial charge >= 0.3 is 0 Å². The van der Waals surface area contributed by atoms with E-state index in [-0.39, 0.29) is 6.04 Å². The molecule has 2 unspecified atom stereocenters. The summed E-state index contributed by atoms with van der Waals surface area (Å²) in [4.78, 5) is 0. The minimum absolute atomic E-state index is 0.157. The Labute approximate surface area is 72.2 Å². The molecule has 3 N–H and O–H groups in total. The first kappa shape index (κ1) is 9.29. The Morgan fingerprint density at radius 1 is 1.67 bits per heavy atom. The summed E-state index contributed by atoms with van der Waals surface area (Å²) in [5, 5.41) is 9.50. The van der Waals surface area contributed by atoms with Crippen LogP contribution in [-0.4, -0.2) is 17.3 Å². The van der Waals surface area contributed by atoms with E-state index < -0.39 is 6.10 Å². The van der Waals surface area contributed by atoms with Gasteiger partial charge in [-0.15, -0.1) is 0 Å². The van der Waals surface area contributed by atoms with Crippen LogP contribution in [-0.2, 0) is 6.42 Å². The Balaban J connectivity index is 2.41. The van der Waals surface area contributed by atoms with Crippen LogP contribution in [0.5, 0.6) is 0 Å². The van der Waals surface area contributed by atoms with Gasteiger partial charge < -0.3 is 15.3 Å². The van der Waals surface area contributed by atoms with Crippen LogP contribution in [0.2, 0.25) is 0 Å². The molecular formula is C9H15NO2. The molecule has 0 saturated carbocycles. The van der Waals surface area contributed by atoms with Crippen LogP contribution >= 0.6 is 0 Å². The Morgan fingerprint density at radius 2 is 2.42 bits per heavy atom. The third-order valence-corrected chi connectivity index (χ3v) is 1.96.